The summed E-state index contributed by atoms with van der Waals surface area (Å²) in [6, 6.07) is 17.1. The highest BCUT2D eigenvalue weighted by Gasteiger charge is 2.22. The maximum Gasteiger partial charge on any atom is 0.338 e. The van der Waals surface area contributed by atoms with Crippen molar-refractivity contribution in [2.75, 3.05) is 26.3 Å². The van der Waals surface area contributed by atoms with Crippen molar-refractivity contribution in [3.05, 3.63) is 77.4 Å². The van der Waals surface area contributed by atoms with Crippen LogP contribution in [-0.4, -0.2) is 53.4 Å². The minimum Gasteiger partial charge on any atom is -0.485 e. The molecule has 0 spiro atoms. The lowest BCUT2D eigenvalue weighted by Crippen LogP contribution is -2.44. The number of nitrogens with zero attached hydrogens (tertiary/aromatic N) is 3. The Labute approximate surface area is 180 Å². The molecule has 31 heavy (non-hydrogen) atoms. The summed E-state index contributed by atoms with van der Waals surface area (Å²) >= 11 is 0. The van der Waals surface area contributed by atoms with Crippen LogP contribution in [0.3, 0.4) is 0 Å². The van der Waals surface area contributed by atoms with Gasteiger partial charge in [0, 0.05) is 26.6 Å². The first kappa shape index (κ1) is 21.0. The van der Waals surface area contributed by atoms with Crippen molar-refractivity contribution in [3.8, 4) is 5.75 Å². The van der Waals surface area contributed by atoms with Crippen LogP contribution in [0.2, 0.25) is 0 Å². The number of esters is 1. The van der Waals surface area contributed by atoms with Crippen LogP contribution in [0.4, 0.5) is 0 Å². The van der Waals surface area contributed by atoms with Gasteiger partial charge in [-0.15, -0.1) is 0 Å². The number of ether oxygens (including phenoxy) is 3. The monoisotopic (exact) mass is 423 g/mol. The van der Waals surface area contributed by atoms with Crippen LogP contribution in [0.15, 0.2) is 59.1 Å². The fourth-order valence-corrected chi connectivity index (χ4v) is 3.35. The number of hydrogen-bond acceptors (Lipinski definition) is 8. The lowest BCUT2D eigenvalue weighted by atomic mass is 10.2. The standard InChI is InChI=1S/C23H25N3O5/c1-17-24-22(25-31-17)16-29-20-9-7-19(8-10-20)23(27)30-15-21-14-26(11-12-28-21)13-18-5-3-2-4-6-18/h2-10,21H,11-16H2,1H3. The van der Waals surface area contributed by atoms with Gasteiger partial charge in [-0.1, -0.05) is 35.5 Å². The molecule has 0 aliphatic carbocycles. The molecule has 1 atom stereocenters. The molecule has 3 aromatic rings. The van der Waals surface area contributed by atoms with E-state index in [9.17, 15) is 4.79 Å². The molecule has 162 valence electrons. The Morgan fingerprint density at radius 2 is 1.97 bits per heavy atom. The minimum atomic E-state index is -0.385. The van der Waals surface area contributed by atoms with E-state index in [0.717, 1.165) is 19.6 Å². The maximum absolute atomic E-state index is 12.4. The van der Waals surface area contributed by atoms with Gasteiger partial charge in [0.25, 0.3) is 0 Å². The molecule has 1 aliphatic rings. The van der Waals surface area contributed by atoms with E-state index < -0.39 is 0 Å². The third-order valence-electron chi connectivity index (χ3n) is 4.90. The van der Waals surface area contributed by atoms with E-state index in [0.29, 0.717) is 29.6 Å². The average Bonchev–Trinajstić information content (AvgIpc) is 3.22. The predicted octanol–water partition coefficient (Wildman–Crippen LogP) is 3.01. The van der Waals surface area contributed by atoms with Crippen molar-refractivity contribution in [3.63, 3.8) is 0 Å². The number of benzene rings is 2. The molecule has 0 amide bonds. The molecule has 1 unspecified atom stereocenters. The number of aromatic nitrogens is 2. The molecule has 0 radical (unpaired) electrons. The highest BCUT2D eigenvalue weighted by Crippen LogP contribution is 2.15. The molecule has 1 aromatic heterocycles. The fraction of sp³-hybridized carbons (Fsp3) is 0.348. The minimum absolute atomic E-state index is 0.137. The van der Waals surface area contributed by atoms with Gasteiger partial charge in [0.1, 0.15) is 18.5 Å². The van der Waals surface area contributed by atoms with Crippen LogP contribution in [0.1, 0.15) is 27.6 Å². The van der Waals surface area contributed by atoms with E-state index in [4.69, 9.17) is 18.7 Å². The van der Waals surface area contributed by atoms with Gasteiger partial charge < -0.3 is 18.7 Å². The molecule has 1 saturated heterocycles. The second-order valence-electron chi connectivity index (χ2n) is 7.35. The lowest BCUT2D eigenvalue weighted by molar-refractivity contribution is -0.0612. The summed E-state index contributed by atoms with van der Waals surface area (Å²) in [5.41, 5.74) is 1.72. The quantitative estimate of drug-likeness (QED) is 0.511. The molecular formula is C23H25N3O5. The molecule has 1 fully saturated rings. The normalized spacial score (nSPS) is 16.7. The summed E-state index contributed by atoms with van der Waals surface area (Å²) in [7, 11) is 0. The van der Waals surface area contributed by atoms with Crippen molar-refractivity contribution < 1.29 is 23.5 Å². The average molecular weight is 423 g/mol. The second-order valence-corrected chi connectivity index (χ2v) is 7.35. The van der Waals surface area contributed by atoms with E-state index in [2.05, 4.69) is 27.2 Å². The van der Waals surface area contributed by atoms with E-state index in [1.54, 1.807) is 31.2 Å². The van der Waals surface area contributed by atoms with E-state index in [1.165, 1.54) is 5.56 Å². The molecule has 2 heterocycles. The Morgan fingerprint density at radius 1 is 1.16 bits per heavy atom. The third-order valence-corrected chi connectivity index (χ3v) is 4.90. The third kappa shape index (κ3) is 6.13. The molecular weight excluding hydrogens is 398 g/mol. The van der Waals surface area contributed by atoms with Crippen molar-refractivity contribution >= 4 is 5.97 Å². The first-order chi connectivity index (χ1) is 15.2. The van der Waals surface area contributed by atoms with Gasteiger partial charge in [0.05, 0.1) is 12.2 Å². The van der Waals surface area contributed by atoms with Crippen molar-refractivity contribution in [1.82, 2.24) is 15.0 Å². The Kier molecular flexibility index (Phi) is 6.91. The lowest BCUT2D eigenvalue weighted by Gasteiger charge is -2.32. The van der Waals surface area contributed by atoms with Crippen molar-refractivity contribution in [2.45, 2.75) is 26.2 Å². The Hall–Kier alpha value is -3.23. The largest absolute Gasteiger partial charge is 0.485 e. The number of rotatable bonds is 8. The van der Waals surface area contributed by atoms with Crippen LogP contribution in [0.5, 0.6) is 5.75 Å². The van der Waals surface area contributed by atoms with Crippen LogP contribution in [0.25, 0.3) is 0 Å². The molecule has 4 rings (SSSR count). The number of carbonyl (C=O) groups is 1. The summed E-state index contributed by atoms with van der Waals surface area (Å²) in [6.07, 6.45) is -0.137. The van der Waals surface area contributed by atoms with E-state index >= 15 is 0 Å². The SMILES string of the molecule is Cc1nc(COc2ccc(C(=O)OCC3CN(Cc4ccccc4)CCO3)cc2)no1. The molecule has 0 bridgehead atoms. The second kappa shape index (κ2) is 10.2. The smallest absolute Gasteiger partial charge is 0.338 e. The summed E-state index contributed by atoms with van der Waals surface area (Å²) in [5, 5.41) is 3.77. The maximum atomic E-state index is 12.4. The molecule has 0 N–H and O–H groups in total. The van der Waals surface area contributed by atoms with Crippen LogP contribution >= 0.6 is 0 Å². The molecule has 8 nitrogen and oxygen atoms in total. The Bertz CT molecular complexity index is 974. The zero-order chi connectivity index (χ0) is 21.5. The number of morpholine rings is 1. The summed E-state index contributed by atoms with van der Waals surface area (Å²) in [5.74, 6) is 1.17. The molecule has 8 heteroatoms. The van der Waals surface area contributed by atoms with Gasteiger partial charge in [-0.3, -0.25) is 4.90 Å². The first-order valence-corrected chi connectivity index (χ1v) is 10.2. The van der Waals surface area contributed by atoms with Crippen LogP contribution in [0, 0.1) is 6.92 Å². The van der Waals surface area contributed by atoms with Gasteiger partial charge in [0.15, 0.2) is 6.61 Å². The molecule has 1 aliphatic heterocycles. The highest BCUT2D eigenvalue weighted by atomic mass is 16.6. The highest BCUT2D eigenvalue weighted by molar-refractivity contribution is 5.89. The van der Waals surface area contributed by atoms with Gasteiger partial charge in [0.2, 0.25) is 11.7 Å². The topological polar surface area (TPSA) is 86.9 Å². The summed E-state index contributed by atoms with van der Waals surface area (Å²) in [4.78, 5) is 18.8. The summed E-state index contributed by atoms with van der Waals surface area (Å²) in [6.45, 7) is 5.21. The Balaban J connectivity index is 1.22. The van der Waals surface area contributed by atoms with Crippen molar-refractivity contribution in [2.24, 2.45) is 0 Å². The van der Waals surface area contributed by atoms with Gasteiger partial charge in [-0.2, -0.15) is 4.98 Å². The zero-order valence-electron chi connectivity index (χ0n) is 17.4. The zero-order valence-corrected chi connectivity index (χ0v) is 17.4. The summed E-state index contributed by atoms with van der Waals surface area (Å²) < 4.78 is 21.7. The van der Waals surface area contributed by atoms with Gasteiger partial charge >= 0.3 is 5.97 Å². The van der Waals surface area contributed by atoms with Crippen LogP contribution in [-0.2, 0) is 22.6 Å². The Morgan fingerprint density at radius 3 is 2.71 bits per heavy atom. The predicted molar refractivity (Wildman–Crippen MR) is 112 cm³/mol. The molecule has 0 saturated carbocycles. The fourth-order valence-electron chi connectivity index (χ4n) is 3.35. The van der Waals surface area contributed by atoms with Crippen molar-refractivity contribution in [1.29, 1.82) is 0 Å². The number of aryl methyl sites for hydroxylation is 1. The van der Waals surface area contributed by atoms with Gasteiger partial charge in [-0.05, 0) is 29.8 Å². The van der Waals surface area contributed by atoms with E-state index in [-0.39, 0.29) is 25.3 Å². The molecule has 2 aromatic carbocycles. The van der Waals surface area contributed by atoms with E-state index in [1.807, 2.05) is 18.2 Å². The van der Waals surface area contributed by atoms with Gasteiger partial charge in [-0.25, -0.2) is 4.79 Å². The number of hydrogen-bond donors (Lipinski definition) is 0. The number of carbonyl (C=O) groups excluding carboxylic acids is 1. The first-order valence-electron chi connectivity index (χ1n) is 10.2. The van der Waals surface area contributed by atoms with Crippen LogP contribution < -0.4 is 4.74 Å².